The molecular formula is C19H24N6O4. The maximum absolute atomic E-state index is 12.6. The minimum atomic E-state index is -0.627. The van der Waals surface area contributed by atoms with Crippen molar-refractivity contribution in [2.75, 3.05) is 20.2 Å². The molecule has 0 N–H and O–H groups in total. The van der Waals surface area contributed by atoms with Gasteiger partial charge in [0.05, 0.1) is 24.6 Å². The average molecular weight is 400 g/mol. The maximum Gasteiger partial charge on any atom is 0.410 e. The molecule has 1 amide bonds. The fourth-order valence-corrected chi connectivity index (χ4v) is 3.20. The van der Waals surface area contributed by atoms with E-state index in [-0.39, 0.29) is 18.7 Å². The zero-order valence-corrected chi connectivity index (χ0v) is 16.9. The van der Waals surface area contributed by atoms with Gasteiger partial charge >= 0.3 is 6.09 Å². The van der Waals surface area contributed by atoms with Crippen molar-refractivity contribution in [2.45, 2.75) is 44.9 Å². The van der Waals surface area contributed by atoms with Crippen molar-refractivity contribution in [3.63, 3.8) is 0 Å². The van der Waals surface area contributed by atoms with Gasteiger partial charge in [-0.25, -0.2) is 14.8 Å². The second kappa shape index (κ2) is 8.40. The number of benzene rings is 1. The summed E-state index contributed by atoms with van der Waals surface area (Å²) in [5.74, 6) is 1.08. The summed E-state index contributed by atoms with van der Waals surface area (Å²) in [7, 11) is 1.58. The zero-order valence-electron chi connectivity index (χ0n) is 16.9. The van der Waals surface area contributed by atoms with Crippen LogP contribution in [0.1, 0.15) is 27.2 Å². The van der Waals surface area contributed by atoms with Crippen LogP contribution in [-0.2, 0) is 4.74 Å². The number of aromatic nitrogens is 2. The Morgan fingerprint density at radius 3 is 2.86 bits per heavy atom. The van der Waals surface area contributed by atoms with Crippen molar-refractivity contribution in [2.24, 2.45) is 5.11 Å². The van der Waals surface area contributed by atoms with Crippen molar-refractivity contribution in [1.29, 1.82) is 0 Å². The first-order valence-corrected chi connectivity index (χ1v) is 9.26. The van der Waals surface area contributed by atoms with Gasteiger partial charge in [0, 0.05) is 23.9 Å². The minimum absolute atomic E-state index is 0.147. The maximum atomic E-state index is 12.6. The van der Waals surface area contributed by atoms with E-state index in [9.17, 15) is 4.79 Å². The molecule has 1 fully saturated rings. The third-order valence-electron chi connectivity index (χ3n) is 4.44. The van der Waals surface area contributed by atoms with E-state index in [4.69, 9.17) is 19.7 Å². The summed E-state index contributed by atoms with van der Waals surface area (Å²) >= 11 is 0. The monoisotopic (exact) mass is 400 g/mol. The number of rotatable bonds is 5. The third-order valence-corrected chi connectivity index (χ3v) is 4.44. The molecule has 10 nitrogen and oxygen atoms in total. The van der Waals surface area contributed by atoms with Crippen LogP contribution in [0.25, 0.3) is 21.3 Å². The van der Waals surface area contributed by atoms with E-state index in [0.29, 0.717) is 30.0 Å². The Balaban J connectivity index is 1.82. The van der Waals surface area contributed by atoms with E-state index in [0.717, 1.165) is 5.52 Å². The van der Waals surface area contributed by atoms with E-state index in [2.05, 4.69) is 20.0 Å². The molecule has 2 heterocycles. The number of fused-ring (bicyclic) bond motifs is 1. The van der Waals surface area contributed by atoms with Crippen LogP contribution in [0.4, 0.5) is 4.79 Å². The smallest absolute Gasteiger partial charge is 0.410 e. The van der Waals surface area contributed by atoms with E-state index < -0.39 is 11.7 Å². The van der Waals surface area contributed by atoms with Crippen molar-refractivity contribution >= 4 is 17.0 Å². The second-order valence-electron chi connectivity index (χ2n) is 7.74. The number of hydrogen-bond donors (Lipinski definition) is 0. The molecule has 2 aromatic rings. The quantitative estimate of drug-likeness (QED) is 0.428. The van der Waals surface area contributed by atoms with Gasteiger partial charge in [-0.2, -0.15) is 0 Å². The highest BCUT2D eigenvalue weighted by Crippen LogP contribution is 2.30. The van der Waals surface area contributed by atoms with Gasteiger partial charge in [0.25, 0.3) is 0 Å². The molecule has 0 unspecified atom stereocenters. The van der Waals surface area contributed by atoms with Crippen LogP contribution < -0.4 is 9.47 Å². The molecule has 0 spiro atoms. The van der Waals surface area contributed by atoms with Crippen LogP contribution in [0.5, 0.6) is 11.6 Å². The Labute approximate surface area is 168 Å². The van der Waals surface area contributed by atoms with Crippen molar-refractivity contribution in [3.05, 3.63) is 35.0 Å². The van der Waals surface area contributed by atoms with E-state index >= 15 is 0 Å². The van der Waals surface area contributed by atoms with Gasteiger partial charge in [-0.15, -0.1) is 0 Å². The minimum Gasteiger partial charge on any atom is -0.497 e. The predicted octanol–water partition coefficient (Wildman–Crippen LogP) is 3.71. The molecule has 1 aromatic heterocycles. The SMILES string of the molecule is COc1ccc2ncnc(O[C@H]3C[C@@H](CN=[N+]=[N-])N(C(=O)OC(C)(C)C)C3)c2c1. The van der Waals surface area contributed by atoms with E-state index in [1.807, 2.05) is 18.2 Å². The van der Waals surface area contributed by atoms with Crippen LogP contribution in [0.3, 0.4) is 0 Å². The molecule has 3 rings (SSSR count). The molecule has 2 atom stereocenters. The molecule has 1 aliphatic heterocycles. The molecule has 1 saturated heterocycles. The Morgan fingerprint density at radius 2 is 2.17 bits per heavy atom. The number of amides is 1. The largest absolute Gasteiger partial charge is 0.497 e. The highest BCUT2D eigenvalue weighted by molar-refractivity contribution is 5.84. The highest BCUT2D eigenvalue weighted by Gasteiger charge is 2.38. The number of hydrogen-bond acceptors (Lipinski definition) is 7. The molecule has 1 aliphatic rings. The lowest BCUT2D eigenvalue weighted by Gasteiger charge is -2.27. The number of methoxy groups -OCH3 is 1. The number of carbonyl (C=O) groups excluding carboxylic acids is 1. The average Bonchev–Trinajstić information content (AvgIpc) is 3.08. The van der Waals surface area contributed by atoms with Crippen molar-refractivity contribution < 1.29 is 19.0 Å². The molecule has 154 valence electrons. The number of nitrogens with zero attached hydrogens (tertiary/aromatic N) is 6. The first kappa shape index (κ1) is 20.5. The topological polar surface area (TPSA) is 123 Å². The summed E-state index contributed by atoms with van der Waals surface area (Å²) in [6.07, 6.45) is 1.14. The van der Waals surface area contributed by atoms with Crippen LogP contribution >= 0.6 is 0 Å². The standard InChI is InChI=1S/C19H24N6O4/c1-19(2,3)29-18(26)25-10-14(7-12(25)9-23-24-20)28-17-15-8-13(27-4)5-6-16(15)21-11-22-17/h5-6,8,11-12,14H,7,9-10H2,1-4H3/t12-,14-/m0/s1. The summed E-state index contributed by atoms with van der Waals surface area (Å²) < 4.78 is 16.9. The zero-order chi connectivity index (χ0) is 21.0. The molecule has 29 heavy (non-hydrogen) atoms. The van der Waals surface area contributed by atoms with Crippen LogP contribution in [0.2, 0.25) is 0 Å². The molecule has 0 saturated carbocycles. The van der Waals surface area contributed by atoms with Gasteiger partial charge in [-0.3, -0.25) is 0 Å². The molecule has 0 bridgehead atoms. The van der Waals surface area contributed by atoms with Crippen molar-refractivity contribution in [1.82, 2.24) is 14.9 Å². The van der Waals surface area contributed by atoms with Gasteiger partial charge in [0.2, 0.25) is 5.88 Å². The van der Waals surface area contributed by atoms with E-state index in [1.165, 1.54) is 6.33 Å². The van der Waals surface area contributed by atoms with Crippen LogP contribution in [-0.4, -0.2) is 58.9 Å². The van der Waals surface area contributed by atoms with E-state index in [1.54, 1.807) is 32.8 Å². The first-order chi connectivity index (χ1) is 13.8. The Hall–Kier alpha value is -3.26. The summed E-state index contributed by atoms with van der Waals surface area (Å²) in [6.45, 7) is 5.86. The fraction of sp³-hybridized carbons (Fsp3) is 0.526. The lowest BCUT2D eigenvalue weighted by molar-refractivity contribution is 0.0217. The fourth-order valence-electron chi connectivity index (χ4n) is 3.20. The Bertz CT molecular complexity index is 938. The Kier molecular flexibility index (Phi) is 5.93. The van der Waals surface area contributed by atoms with Crippen molar-refractivity contribution in [3.8, 4) is 11.6 Å². The Morgan fingerprint density at radius 1 is 1.38 bits per heavy atom. The summed E-state index contributed by atoms with van der Waals surface area (Å²) in [6, 6.07) is 5.14. The van der Waals surface area contributed by atoms with Gasteiger partial charge in [-0.1, -0.05) is 5.11 Å². The summed E-state index contributed by atoms with van der Waals surface area (Å²) in [4.78, 5) is 25.5. The molecular weight excluding hydrogens is 376 g/mol. The van der Waals surface area contributed by atoms with Gasteiger partial charge in [-0.05, 0) is 44.5 Å². The molecule has 0 radical (unpaired) electrons. The lowest BCUT2D eigenvalue weighted by atomic mass is 10.2. The number of ether oxygens (including phenoxy) is 3. The predicted molar refractivity (Wildman–Crippen MR) is 106 cm³/mol. The number of likely N-dealkylation sites (tertiary alicyclic amines) is 1. The van der Waals surface area contributed by atoms with Gasteiger partial charge in [0.15, 0.2) is 0 Å². The normalized spacial score (nSPS) is 19.0. The second-order valence-corrected chi connectivity index (χ2v) is 7.74. The summed E-state index contributed by atoms with van der Waals surface area (Å²) in [5, 5.41) is 4.35. The molecule has 1 aromatic carbocycles. The lowest BCUT2D eigenvalue weighted by Crippen LogP contribution is -2.41. The first-order valence-electron chi connectivity index (χ1n) is 9.26. The summed E-state index contributed by atoms with van der Waals surface area (Å²) in [5.41, 5.74) is 8.77. The molecule has 0 aliphatic carbocycles. The van der Waals surface area contributed by atoms with Gasteiger partial charge < -0.3 is 19.1 Å². The van der Waals surface area contributed by atoms with Gasteiger partial charge in [0.1, 0.15) is 23.8 Å². The highest BCUT2D eigenvalue weighted by atomic mass is 16.6. The van der Waals surface area contributed by atoms with Crippen LogP contribution in [0.15, 0.2) is 29.6 Å². The number of carbonyl (C=O) groups is 1. The van der Waals surface area contributed by atoms with Crippen LogP contribution in [0, 0.1) is 0 Å². The number of azide groups is 1. The third kappa shape index (κ3) is 4.97. The molecule has 10 heteroatoms.